The molecule has 3 N–H and O–H groups in total. The molecule has 90 valence electrons. The van der Waals surface area contributed by atoms with Gasteiger partial charge in [0.1, 0.15) is 0 Å². The summed E-state index contributed by atoms with van der Waals surface area (Å²) in [7, 11) is 0. The van der Waals surface area contributed by atoms with Crippen LogP contribution in [0.3, 0.4) is 0 Å². The normalized spacial score (nSPS) is 10.5. The highest BCUT2D eigenvalue weighted by Gasteiger charge is 2.03. The van der Waals surface area contributed by atoms with Crippen molar-refractivity contribution in [1.29, 1.82) is 0 Å². The lowest BCUT2D eigenvalue weighted by Gasteiger charge is -2.04. The third kappa shape index (κ3) is 3.19. The van der Waals surface area contributed by atoms with Gasteiger partial charge in [-0.15, -0.1) is 11.3 Å². The van der Waals surface area contributed by atoms with Crippen molar-refractivity contribution in [3.8, 4) is 0 Å². The predicted octanol–water partition coefficient (Wildman–Crippen LogP) is 3.35. The Morgan fingerprint density at radius 2 is 2.29 bits per heavy atom. The van der Waals surface area contributed by atoms with Crippen molar-refractivity contribution >= 4 is 33.8 Å². The number of anilines is 2. The Kier molecular flexibility index (Phi) is 3.99. The predicted molar refractivity (Wildman–Crippen MR) is 74.3 cm³/mol. The molecular formula is C12H14ClN3S. The van der Waals surface area contributed by atoms with Gasteiger partial charge in [0.15, 0.2) is 5.13 Å². The fourth-order valence-electron chi connectivity index (χ4n) is 1.42. The van der Waals surface area contributed by atoms with Crippen LogP contribution in [0.2, 0.25) is 5.02 Å². The summed E-state index contributed by atoms with van der Waals surface area (Å²) in [6.45, 7) is 2.61. The zero-order valence-corrected chi connectivity index (χ0v) is 11.1. The van der Waals surface area contributed by atoms with E-state index in [9.17, 15) is 0 Å². The van der Waals surface area contributed by atoms with E-state index in [1.54, 1.807) is 11.3 Å². The van der Waals surface area contributed by atoms with Crippen LogP contribution in [0.25, 0.3) is 0 Å². The van der Waals surface area contributed by atoms with Crippen LogP contribution in [0, 0.1) is 6.92 Å². The van der Waals surface area contributed by atoms with Crippen LogP contribution in [-0.4, -0.2) is 11.5 Å². The van der Waals surface area contributed by atoms with Crippen LogP contribution in [0.4, 0.5) is 10.8 Å². The van der Waals surface area contributed by atoms with E-state index in [1.165, 1.54) is 0 Å². The zero-order valence-electron chi connectivity index (χ0n) is 9.53. The van der Waals surface area contributed by atoms with E-state index >= 15 is 0 Å². The van der Waals surface area contributed by atoms with E-state index in [-0.39, 0.29) is 0 Å². The van der Waals surface area contributed by atoms with Crippen LogP contribution < -0.4 is 11.1 Å². The van der Waals surface area contributed by atoms with Gasteiger partial charge in [0.2, 0.25) is 0 Å². The van der Waals surface area contributed by atoms with E-state index in [0.29, 0.717) is 6.54 Å². The summed E-state index contributed by atoms with van der Waals surface area (Å²) >= 11 is 7.63. The van der Waals surface area contributed by atoms with Gasteiger partial charge in [-0.25, -0.2) is 4.98 Å². The van der Waals surface area contributed by atoms with Gasteiger partial charge in [-0.1, -0.05) is 17.7 Å². The smallest absolute Gasteiger partial charge is 0.187 e. The second kappa shape index (κ2) is 5.49. The highest BCUT2D eigenvalue weighted by Crippen LogP contribution is 2.25. The second-order valence-electron chi connectivity index (χ2n) is 3.77. The molecule has 0 saturated carbocycles. The minimum Gasteiger partial charge on any atom is -0.331 e. The first kappa shape index (κ1) is 12.4. The molecule has 17 heavy (non-hydrogen) atoms. The quantitative estimate of drug-likeness (QED) is 0.893. The molecule has 5 heteroatoms. The lowest BCUT2D eigenvalue weighted by Crippen LogP contribution is -2.02. The molecule has 0 aliphatic heterocycles. The number of aryl methyl sites for hydroxylation is 1. The summed E-state index contributed by atoms with van der Waals surface area (Å²) in [6.07, 6.45) is 0.812. The molecule has 3 nitrogen and oxygen atoms in total. The van der Waals surface area contributed by atoms with Crippen molar-refractivity contribution in [2.24, 2.45) is 5.73 Å². The Bertz CT molecular complexity index is 510. The van der Waals surface area contributed by atoms with Crippen molar-refractivity contribution in [1.82, 2.24) is 4.98 Å². The van der Waals surface area contributed by atoms with Gasteiger partial charge in [-0.2, -0.15) is 0 Å². The molecule has 0 bridgehead atoms. The van der Waals surface area contributed by atoms with Crippen molar-refractivity contribution < 1.29 is 0 Å². The highest BCUT2D eigenvalue weighted by molar-refractivity contribution is 7.13. The van der Waals surface area contributed by atoms with Crippen LogP contribution in [0.1, 0.15) is 11.3 Å². The molecule has 0 spiro atoms. The van der Waals surface area contributed by atoms with Gasteiger partial charge in [-0.05, 0) is 31.2 Å². The Morgan fingerprint density at radius 3 is 3.00 bits per heavy atom. The zero-order chi connectivity index (χ0) is 12.3. The maximum Gasteiger partial charge on any atom is 0.187 e. The Morgan fingerprint density at radius 1 is 1.47 bits per heavy atom. The van der Waals surface area contributed by atoms with E-state index in [0.717, 1.165) is 33.5 Å². The molecule has 1 aromatic carbocycles. The maximum absolute atomic E-state index is 6.06. The van der Waals surface area contributed by atoms with E-state index in [1.807, 2.05) is 30.5 Å². The number of nitrogens with one attached hydrogen (secondary N) is 1. The summed E-state index contributed by atoms with van der Waals surface area (Å²) in [5.41, 5.74) is 8.53. The number of benzene rings is 1. The minimum absolute atomic E-state index is 0.625. The number of nitrogens with two attached hydrogens (primary N) is 1. The molecule has 0 atom stereocenters. The molecule has 0 unspecified atom stereocenters. The van der Waals surface area contributed by atoms with E-state index in [2.05, 4.69) is 10.3 Å². The van der Waals surface area contributed by atoms with Crippen molar-refractivity contribution in [3.05, 3.63) is 39.9 Å². The largest absolute Gasteiger partial charge is 0.331 e. The molecule has 0 aliphatic carbocycles. The topological polar surface area (TPSA) is 50.9 Å². The molecule has 2 aromatic rings. The third-order valence-corrected chi connectivity index (χ3v) is 3.59. The molecule has 1 aromatic heterocycles. The molecule has 0 amide bonds. The lowest BCUT2D eigenvalue weighted by atomic mass is 10.2. The van der Waals surface area contributed by atoms with Crippen LogP contribution in [0.15, 0.2) is 23.6 Å². The summed E-state index contributed by atoms with van der Waals surface area (Å²) in [4.78, 5) is 4.43. The number of hydrogen-bond donors (Lipinski definition) is 2. The summed E-state index contributed by atoms with van der Waals surface area (Å²) in [6, 6.07) is 5.88. The average Bonchev–Trinajstić information content (AvgIpc) is 2.72. The number of thiazole rings is 1. The fraction of sp³-hybridized carbons (Fsp3) is 0.250. The molecule has 0 aliphatic rings. The monoisotopic (exact) mass is 267 g/mol. The number of aromatic nitrogens is 1. The first-order chi connectivity index (χ1) is 8.19. The Hall–Kier alpha value is -1.10. The van der Waals surface area contributed by atoms with Gasteiger partial charge in [0, 0.05) is 22.5 Å². The molecule has 0 fully saturated rings. The number of halogens is 1. The maximum atomic E-state index is 6.06. The molecule has 2 rings (SSSR count). The Labute approximate surface area is 110 Å². The fourth-order valence-corrected chi connectivity index (χ4v) is 2.37. The van der Waals surface area contributed by atoms with Gasteiger partial charge in [-0.3, -0.25) is 0 Å². The van der Waals surface area contributed by atoms with E-state index < -0.39 is 0 Å². The summed E-state index contributed by atoms with van der Waals surface area (Å²) in [5.74, 6) is 0. The average molecular weight is 268 g/mol. The van der Waals surface area contributed by atoms with Crippen LogP contribution in [-0.2, 0) is 6.42 Å². The lowest BCUT2D eigenvalue weighted by molar-refractivity contribution is 0.936. The molecule has 0 radical (unpaired) electrons. The standard InChI is InChI=1S/C12H14ClN3S/c1-8-2-3-9(6-11(8)13)15-12-16-10(4-5-14)7-17-12/h2-3,6-7H,4-5,14H2,1H3,(H,15,16). The highest BCUT2D eigenvalue weighted by atomic mass is 35.5. The number of hydrogen-bond acceptors (Lipinski definition) is 4. The first-order valence-corrected chi connectivity index (χ1v) is 6.62. The molecular weight excluding hydrogens is 254 g/mol. The number of rotatable bonds is 4. The van der Waals surface area contributed by atoms with Gasteiger partial charge < -0.3 is 11.1 Å². The van der Waals surface area contributed by atoms with Gasteiger partial charge in [0.25, 0.3) is 0 Å². The van der Waals surface area contributed by atoms with Crippen LogP contribution >= 0.6 is 22.9 Å². The van der Waals surface area contributed by atoms with Gasteiger partial charge in [0.05, 0.1) is 5.69 Å². The first-order valence-electron chi connectivity index (χ1n) is 5.36. The molecule has 1 heterocycles. The SMILES string of the molecule is Cc1ccc(Nc2nc(CCN)cs2)cc1Cl. The molecule has 0 saturated heterocycles. The van der Waals surface area contributed by atoms with Crippen molar-refractivity contribution in [3.63, 3.8) is 0 Å². The minimum atomic E-state index is 0.625. The summed E-state index contributed by atoms with van der Waals surface area (Å²) in [5, 5.41) is 6.88. The van der Waals surface area contributed by atoms with Crippen molar-refractivity contribution in [2.75, 3.05) is 11.9 Å². The Balaban J connectivity index is 2.11. The number of nitrogens with zero attached hydrogens (tertiary/aromatic N) is 1. The third-order valence-electron chi connectivity index (χ3n) is 2.38. The van der Waals surface area contributed by atoms with E-state index in [4.69, 9.17) is 17.3 Å². The van der Waals surface area contributed by atoms with Gasteiger partial charge >= 0.3 is 0 Å². The van der Waals surface area contributed by atoms with Crippen LogP contribution in [0.5, 0.6) is 0 Å². The van der Waals surface area contributed by atoms with Crippen molar-refractivity contribution in [2.45, 2.75) is 13.3 Å². The summed E-state index contributed by atoms with van der Waals surface area (Å²) < 4.78 is 0. The second-order valence-corrected chi connectivity index (χ2v) is 5.04.